The van der Waals surface area contributed by atoms with E-state index in [1.54, 1.807) is 6.92 Å². The summed E-state index contributed by atoms with van der Waals surface area (Å²) in [7, 11) is 1.79. The lowest BCUT2D eigenvalue weighted by atomic mass is 10.0. The van der Waals surface area contributed by atoms with Crippen LogP contribution in [0.25, 0.3) is 0 Å². The second-order valence-corrected chi connectivity index (χ2v) is 9.30. The van der Waals surface area contributed by atoms with E-state index in [1.807, 2.05) is 0 Å². The number of ketones is 2. The van der Waals surface area contributed by atoms with Gasteiger partial charge in [0.1, 0.15) is 19.1 Å². The Labute approximate surface area is 166 Å². The summed E-state index contributed by atoms with van der Waals surface area (Å²) in [6.07, 6.45) is -1.90. The first kappa shape index (κ1) is 26.8. The average molecular weight is 425 g/mol. The predicted octanol–water partition coefficient (Wildman–Crippen LogP) is 0.332. The topological polar surface area (TPSA) is 127 Å². The molecule has 1 N–H and O–H groups in total. The van der Waals surface area contributed by atoms with Crippen molar-refractivity contribution in [3.63, 3.8) is 0 Å². The Morgan fingerprint density at radius 1 is 0.929 bits per heavy atom. The number of aliphatic hydroxyl groups is 1. The van der Waals surface area contributed by atoms with Crippen molar-refractivity contribution in [2.75, 3.05) is 41.2 Å². The van der Waals surface area contributed by atoms with Crippen LogP contribution in [0.3, 0.4) is 0 Å². The summed E-state index contributed by atoms with van der Waals surface area (Å²) in [6, 6.07) is 0.492. The van der Waals surface area contributed by atoms with E-state index in [9.17, 15) is 19.5 Å². The van der Waals surface area contributed by atoms with E-state index in [0.29, 0.717) is 12.5 Å². The number of aliphatic hydroxyl groups excluding tert-OH is 1. The molecule has 11 heteroatoms. The molecule has 0 aliphatic rings. The average Bonchev–Trinajstić information content (AvgIpc) is 2.65. The lowest BCUT2D eigenvalue weighted by molar-refractivity contribution is -0.193. The summed E-state index contributed by atoms with van der Waals surface area (Å²) in [5.74, 6) is -2.75. The van der Waals surface area contributed by atoms with E-state index >= 15 is 0 Å². The van der Waals surface area contributed by atoms with Gasteiger partial charge in [0, 0.05) is 34.0 Å². The third kappa shape index (κ3) is 9.82. The van der Waals surface area contributed by atoms with Gasteiger partial charge in [0.2, 0.25) is 0 Å². The quantitative estimate of drug-likeness (QED) is 0.160. The molecule has 0 spiro atoms. The summed E-state index contributed by atoms with van der Waals surface area (Å²) in [5.41, 5.74) is 0. The SMILES string of the molecule is CO[Si](CCCOC(C)C(C(=O)OCC(C)=O)C(O)OCC(C)=O)(OC)OC. The molecule has 0 amide bonds. The van der Waals surface area contributed by atoms with Gasteiger partial charge < -0.3 is 32.6 Å². The molecule has 0 fully saturated rings. The summed E-state index contributed by atoms with van der Waals surface area (Å²) in [6.45, 7) is 3.55. The van der Waals surface area contributed by atoms with Crippen LogP contribution in [-0.4, -0.2) is 85.0 Å². The number of hydrogen-bond acceptors (Lipinski definition) is 10. The van der Waals surface area contributed by atoms with Crippen molar-refractivity contribution in [3.05, 3.63) is 0 Å². The van der Waals surface area contributed by atoms with Crippen LogP contribution >= 0.6 is 0 Å². The van der Waals surface area contributed by atoms with Crippen molar-refractivity contribution in [3.8, 4) is 0 Å². The fraction of sp³-hybridized carbons (Fsp3) is 0.824. The van der Waals surface area contributed by atoms with E-state index in [4.69, 9.17) is 27.5 Å². The van der Waals surface area contributed by atoms with Gasteiger partial charge in [-0.3, -0.25) is 14.4 Å². The molecule has 0 heterocycles. The summed E-state index contributed by atoms with van der Waals surface area (Å²) in [4.78, 5) is 34.4. The number of carbonyl (C=O) groups is 3. The molecule has 28 heavy (non-hydrogen) atoms. The Hall–Kier alpha value is -1.21. The molecule has 0 aromatic rings. The standard InChI is InChI=1S/C17H32O10Si/c1-12(18)10-26-16(20)15(17(21)27-11-13(2)19)14(3)25-8-7-9-28(22-4,23-5)24-6/h14-16,20H,7-11H2,1-6H3. The number of carbonyl (C=O) groups excluding carboxylic acids is 3. The zero-order chi connectivity index (χ0) is 21.7. The molecule has 0 saturated heterocycles. The lowest BCUT2D eigenvalue weighted by Crippen LogP contribution is -2.43. The van der Waals surface area contributed by atoms with Crippen molar-refractivity contribution < 1.29 is 47.0 Å². The van der Waals surface area contributed by atoms with Crippen molar-refractivity contribution in [2.24, 2.45) is 5.92 Å². The third-order valence-electron chi connectivity index (χ3n) is 3.90. The van der Waals surface area contributed by atoms with Crippen LogP contribution < -0.4 is 0 Å². The van der Waals surface area contributed by atoms with Crippen molar-refractivity contribution >= 4 is 26.3 Å². The van der Waals surface area contributed by atoms with Gasteiger partial charge in [-0.1, -0.05) is 0 Å². The van der Waals surface area contributed by atoms with Crippen molar-refractivity contribution in [1.29, 1.82) is 0 Å². The molecule has 3 unspecified atom stereocenters. The van der Waals surface area contributed by atoms with Gasteiger partial charge in [0.25, 0.3) is 0 Å². The Kier molecular flexibility index (Phi) is 13.3. The van der Waals surface area contributed by atoms with Crippen LogP contribution in [0.15, 0.2) is 0 Å². The largest absolute Gasteiger partial charge is 0.500 e. The molecule has 0 aromatic heterocycles. The second-order valence-electron chi connectivity index (χ2n) is 6.21. The zero-order valence-electron chi connectivity index (χ0n) is 17.4. The van der Waals surface area contributed by atoms with Gasteiger partial charge in [0.15, 0.2) is 17.9 Å². The fourth-order valence-electron chi connectivity index (χ4n) is 2.33. The Balaban J connectivity index is 4.85. The number of esters is 1. The molecule has 0 radical (unpaired) electrons. The van der Waals surface area contributed by atoms with Crippen LogP contribution in [0, 0.1) is 5.92 Å². The summed E-state index contributed by atoms with van der Waals surface area (Å²) in [5, 5.41) is 10.2. The van der Waals surface area contributed by atoms with E-state index in [0.717, 1.165) is 0 Å². The maximum atomic E-state index is 12.3. The number of hydrogen-bond donors (Lipinski definition) is 1. The van der Waals surface area contributed by atoms with Crippen LogP contribution in [0.4, 0.5) is 0 Å². The van der Waals surface area contributed by atoms with Crippen LogP contribution in [0.2, 0.25) is 6.04 Å². The molecule has 10 nitrogen and oxygen atoms in total. The Morgan fingerprint density at radius 3 is 1.93 bits per heavy atom. The summed E-state index contributed by atoms with van der Waals surface area (Å²) >= 11 is 0. The van der Waals surface area contributed by atoms with Crippen molar-refractivity contribution in [2.45, 2.75) is 45.6 Å². The van der Waals surface area contributed by atoms with Crippen LogP contribution in [0.1, 0.15) is 27.2 Å². The van der Waals surface area contributed by atoms with Crippen molar-refractivity contribution in [1.82, 2.24) is 0 Å². The highest BCUT2D eigenvalue weighted by molar-refractivity contribution is 6.60. The maximum absolute atomic E-state index is 12.3. The number of Topliss-reactive ketones (excluding diaryl/α,β-unsaturated/α-hetero) is 2. The molecule has 0 aromatic carbocycles. The van der Waals surface area contributed by atoms with E-state index < -0.39 is 39.7 Å². The number of ether oxygens (including phenoxy) is 3. The monoisotopic (exact) mass is 424 g/mol. The predicted molar refractivity (Wildman–Crippen MR) is 99.4 cm³/mol. The highest BCUT2D eigenvalue weighted by atomic mass is 28.4. The van der Waals surface area contributed by atoms with Gasteiger partial charge in [-0.15, -0.1) is 0 Å². The first-order chi connectivity index (χ1) is 13.1. The van der Waals surface area contributed by atoms with Crippen LogP contribution in [0.5, 0.6) is 0 Å². The smallest absolute Gasteiger partial charge is 0.457 e. The molecule has 164 valence electrons. The minimum Gasteiger partial charge on any atom is -0.457 e. The minimum atomic E-state index is -2.73. The van der Waals surface area contributed by atoms with E-state index in [1.165, 1.54) is 35.2 Å². The van der Waals surface area contributed by atoms with E-state index in [2.05, 4.69) is 0 Å². The molecule has 0 bridgehead atoms. The second kappa shape index (κ2) is 13.9. The van der Waals surface area contributed by atoms with Crippen LogP contribution in [-0.2, 0) is 41.9 Å². The molecule has 0 saturated carbocycles. The normalized spacial score (nSPS) is 15.0. The van der Waals surface area contributed by atoms with Gasteiger partial charge in [-0.2, -0.15) is 0 Å². The molecular weight excluding hydrogens is 392 g/mol. The highest BCUT2D eigenvalue weighted by Gasteiger charge is 2.38. The maximum Gasteiger partial charge on any atom is 0.500 e. The fourth-order valence-corrected chi connectivity index (χ4v) is 4.02. The molecule has 3 atom stereocenters. The van der Waals surface area contributed by atoms with Gasteiger partial charge in [-0.25, -0.2) is 0 Å². The minimum absolute atomic E-state index is 0.224. The third-order valence-corrected chi connectivity index (χ3v) is 6.73. The summed E-state index contributed by atoms with van der Waals surface area (Å²) < 4.78 is 31.5. The van der Waals surface area contributed by atoms with Gasteiger partial charge in [-0.05, 0) is 27.2 Å². The Morgan fingerprint density at radius 2 is 1.46 bits per heavy atom. The zero-order valence-corrected chi connectivity index (χ0v) is 18.4. The van der Waals surface area contributed by atoms with E-state index in [-0.39, 0.29) is 24.8 Å². The molecular formula is C17H32O10Si. The highest BCUT2D eigenvalue weighted by Crippen LogP contribution is 2.19. The van der Waals surface area contributed by atoms with Gasteiger partial charge in [0.05, 0.1) is 6.10 Å². The first-order valence-electron chi connectivity index (χ1n) is 8.84. The van der Waals surface area contributed by atoms with Gasteiger partial charge >= 0.3 is 14.8 Å². The number of rotatable bonds is 16. The Bertz CT molecular complexity index is 486. The lowest BCUT2D eigenvalue weighted by Gasteiger charge is -2.27. The first-order valence-corrected chi connectivity index (χ1v) is 10.8. The molecule has 0 aliphatic heterocycles. The molecule has 0 rings (SSSR count). The molecule has 0 aliphatic carbocycles.